The van der Waals surface area contributed by atoms with Gasteiger partial charge in [0.05, 0.1) is 17.8 Å². The fourth-order valence-corrected chi connectivity index (χ4v) is 2.13. The topological polar surface area (TPSA) is 57.7 Å². The summed E-state index contributed by atoms with van der Waals surface area (Å²) in [5.41, 5.74) is 0.748. The van der Waals surface area contributed by atoms with Gasteiger partial charge in [0.25, 0.3) is 0 Å². The summed E-state index contributed by atoms with van der Waals surface area (Å²) in [5.74, 6) is -0.881. The van der Waals surface area contributed by atoms with Crippen LogP contribution in [0.15, 0.2) is 30.3 Å². The molecule has 0 bridgehead atoms. The Morgan fingerprint density at radius 2 is 1.95 bits per heavy atom. The number of carbonyl (C=O) groups is 1. The van der Waals surface area contributed by atoms with E-state index in [0.717, 1.165) is 0 Å². The summed E-state index contributed by atoms with van der Waals surface area (Å²) in [5, 5.41) is 0.128. The van der Waals surface area contributed by atoms with E-state index in [-0.39, 0.29) is 22.2 Å². The first-order chi connectivity index (χ1) is 10.4. The molecule has 22 heavy (non-hydrogen) atoms. The molecule has 0 N–H and O–H groups in total. The number of hydrogen-bond acceptors (Lipinski definition) is 5. The molecule has 1 aliphatic heterocycles. The monoisotopic (exact) mass is 327 g/mol. The Hall–Kier alpha value is -2.41. The minimum atomic E-state index is -3.69. The van der Waals surface area contributed by atoms with Gasteiger partial charge in [0, 0.05) is 5.56 Å². The average Bonchev–Trinajstić information content (AvgIpc) is 2.79. The summed E-state index contributed by atoms with van der Waals surface area (Å²) in [7, 11) is 1.20. The third-order valence-corrected chi connectivity index (χ3v) is 3.23. The van der Waals surface area contributed by atoms with Crippen molar-refractivity contribution in [2.75, 3.05) is 7.11 Å². The van der Waals surface area contributed by atoms with E-state index in [4.69, 9.17) is 11.6 Å². The molecule has 114 valence electrons. The Morgan fingerprint density at radius 3 is 2.68 bits per heavy atom. The van der Waals surface area contributed by atoms with Crippen LogP contribution in [-0.4, -0.2) is 24.4 Å². The van der Waals surface area contributed by atoms with Gasteiger partial charge >= 0.3 is 12.3 Å². The van der Waals surface area contributed by atoms with Crippen LogP contribution in [0.3, 0.4) is 0 Å². The fraction of sp³-hybridized carbons (Fsp3) is 0.143. The van der Waals surface area contributed by atoms with Crippen LogP contribution in [0.2, 0.25) is 5.02 Å². The SMILES string of the molecule is COC(=O)c1nc(-c2ccc3c(c2)OC(F)(F)O3)ccc1Cl. The molecule has 0 saturated heterocycles. The summed E-state index contributed by atoms with van der Waals surface area (Å²) in [6, 6.07) is 7.20. The fourth-order valence-electron chi connectivity index (χ4n) is 1.95. The predicted molar refractivity (Wildman–Crippen MR) is 72.2 cm³/mol. The number of rotatable bonds is 2. The van der Waals surface area contributed by atoms with E-state index in [1.165, 1.54) is 31.4 Å². The van der Waals surface area contributed by atoms with Gasteiger partial charge < -0.3 is 14.2 Å². The second-order valence-electron chi connectivity index (χ2n) is 4.35. The number of ether oxygens (including phenoxy) is 3. The maximum atomic E-state index is 13.0. The summed E-state index contributed by atoms with van der Waals surface area (Å²) in [6.07, 6.45) is -3.69. The van der Waals surface area contributed by atoms with Crippen molar-refractivity contribution in [2.24, 2.45) is 0 Å². The number of nitrogens with zero attached hydrogens (tertiary/aromatic N) is 1. The first kappa shape index (κ1) is 14.5. The summed E-state index contributed by atoms with van der Waals surface area (Å²) < 4.78 is 39.3. The molecule has 1 aliphatic rings. The molecule has 0 saturated carbocycles. The van der Waals surface area contributed by atoms with E-state index < -0.39 is 12.3 Å². The molecule has 2 heterocycles. The van der Waals surface area contributed by atoms with Gasteiger partial charge in [0.15, 0.2) is 17.2 Å². The molecule has 1 aromatic carbocycles. The third kappa shape index (κ3) is 2.55. The van der Waals surface area contributed by atoms with E-state index >= 15 is 0 Å². The highest BCUT2D eigenvalue weighted by Gasteiger charge is 2.43. The number of hydrogen-bond donors (Lipinski definition) is 0. The molecule has 0 radical (unpaired) electrons. The van der Waals surface area contributed by atoms with Crippen molar-refractivity contribution in [1.29, 1.82) is 0 Å². The van der Waals surface area contributed by atoms with Crippen LogP contribution in [0.5, 0.6) is 11.5 Å². The number of halogens is 3. The first-order valence-corrected chi connectivity index (χ1v) is 6.42. The van der Waals surface area contributed by atoms with Crippen molar-refractivity contribution in [2.45, 2.75) is 6.29 Å². The van der Waals surface area contributed by atoms with Crippen LogP contribution >= 0.6 is 11.6 Å². The lowest BCUT2D eigenvalue weighted by Crippen LogP contribution is -2.25. The number of pyridine rings is 1. The van der Waals surface area contributed by atoms with Crippen LogP contribution in [0.1, 0.15) is 10.5 Å². The molecular weight excluding hydrogens is 320 g/mol. The lowest BCUT2D eigenvalue weighted by Gasteiger charge is -2.06. The second kappa shape index (κ2) is 5.10. The van der Waals surface area contributed by atoms with E-state index in [1.807, 2.05) is 0 Å². The van der Waals surface area contributed by atoms with Gasteiger partial charge in [-0.15, -0.1) is 8.78 Å². The maximum absolute atomic E-state index is 13.0. The Morgan fingerprint density at radius 1 is 1.23 bits per heavy atom. The van der Waals surface area contributed by atoms with Crippen molar-refractivity contribution in [1.82, 2.24) is 4.98 Å². The molecule has 0 aliphatic carbocycles. The Balaban J connectivity index is 2.01. The van der Waals surface area contributed by atoms with Gasteiger partial charge in [-0.3, -0.25) is 0 Å². The number of benzene rings is 1. The van der Waals surface area contributed by atoms with Crippen molar-refractivity contribution < 1.29 is 27.8 Å². The Labute approximate surface area is 128 Å². The van der Waals surface area contributed by atoms with Gasteiger partial charge in [-0.1, -0.05) is 11.6 Å². The molecule has 5 nitrogen and oxygen atoms in total. The van der Waals surface area contributed by atoms with Crippen molar-refractivity contribution >= 4 is 17.6 Å². The summed E-state index contributed by atoms with van der Waals surface area (Å²) in [4.78, 5) is 15.7. The molecule has 0 spiro atoms. The zero-order chi connectivity index (χ0) is 15.9. The van der Waals surface area contributed by atoms with E-state index in [1.54, 1.807) is 6.07 Å². The van der Waals surface area contributed by atoms with Crippen LogP contribution in [0.25, 0.3) is 11.3 Å². The Kier molecular flexibility index (Phi) is 3.37. The van der Waals surface area contributed by atoms with E-state index in [2.05, 4.69) is 19.2 Å². The molecule has 0 atom stereocenters. The highest BCUT2D eigenvalue weighted by Crippen LogP contribution is 2.42. The number of carbonyl (C=O) groups excluding carboxylic acids is 1. The number of methoxy groups -OCH3 is 1. The standard InChI is InChI=1S/C14H8ClF2NO4/c1-20-13(19)12-8(15)3-4-9(18-12)7-2-5-10-11(6-7)22-14(16,17)21-10/h2-6H,1H3. The van der Waals surface area contributed by atoms with Gasteiger partial charge in [-0.25, -0.2) is 9.78 Å². The van der Waals surface area contributed by atoms with Crippen LogP contribution < -0.4 is 9.47 Å². The number of esters is 1. The van der Waals surface area contributed by atoms with Crippen LogP contribution in [0.4, 0.5) is 8.78 Å². The lowest BCUT2D eigenvalue weighted by molar-refractivity contribution is -0.286. The van der Waals surface area contributed by atoms with E-state index in [9.17, 15) is 13.6 Å². The summed E-state index contributed by atoms with van der Waals surface area (Å²) >= 11 is 5.88. The molecule has 8 heteroatoms. The molecule has 0 amide bonds. The number of aromatic nitrogens is 1. The van der Waals surface area contributed by atoms with Gasteiger partial charge in [-0.05, 0) is 30.3 Å². The van der Waals surface area contributed by atoms with Crippen LogP contribution in [-0.2, 0) is 4.74 Å². The minimum absolute atomic E-state index is 0.0651. The molecule has 2 aromatic rings. The van der Waals surface area contributed by atoms with Gasteiger partial charge in [0.2, 0.25) is 0 Å². The molecular formula is C14H8ClF2NO4. The third-order valence-electron chi connectivity index (χ3n) is 2.92. The smallest absolute Gasteiger partial charge is 0.464 e. The zero-order valence-electron chi connectivity index (χ0n) is 11.1. The van der Waals surface area contributed by atoms with Crippen LogP contribution in [0, 0.1) is 0 Å². The maximum Gasteiger partial charge on any atom is 0.586 e. The van der Waals surface area contributed by atoms with Crippen molar-refractivity contribution in [3.8, 4) is 22.8 Å². The first-order valence-electron chi connectivity index (χ1n) is 6.05. The lowest BCUT2D eigenvalue weighted by atomic mass is 10.1. The predicted octanol–water partition coefficient (Wildman–Crippen LogP) is 3.51. The van der Waals surface area contributed by atoms with E-state index in [0.29, 0.717) is 11.3 Å². The molecule has 1 aromatic heterocycles. The highest BCUT2D eigenvalue weighted by molar-refractivity contribution is 6.33. The molecule has 3 rings (SSSR count). The molecule has 0 fully saturated rings. The minimum Gasteiger partial charge on any atom is -0.464 e. The summed E-state index contributed by atoms with van der Waals surface area (Å²) in [6.45, 7) is 0. The number of fused-ring (bicyclic) bond motifs is 1. The van der Waals surface area contributed by atoms with Crippen molar-refractivity contribution in [3.63, 3.8) is 0 Å². The number of alkyl halides is 2. The largest absolute Gasteiger partial charge is 0.586 e. The zero-order valence-corrected chi connectivity index (χ0v) is 11.9. The Bertz CT molecular complexity index is 767. The molecule has 0 unspecified atom stereocenters. The van der Waals surface area contributed by atoms with Gasteiger partial charge in [0.1, 0.15) is 0 Å². The van der Waals surface area contributed by atoms with Crippen molar-refractivity contribution in [3.05, 3.63) is 41.0 Å². The normalized spacial score (nSPS) is 14.7. The average molecular weight is 328 g/mol. The van der Waals surface area contributed by atoms with Gasteiger partial charge in [-0.2, -0.15) is 0 Å². The highest BCUT2D eigenvalue weighted by atomic mass is 35.5. The quantitative estimate of drug-likeness (QED) is 0.790. The second-order valence-corrected chi connectivity index (χ2v) is 4.75.